The third kappa shape index (κ3) is 3.49. The van der Waals surface area contributed by atoms with Crippen molar-refractivity contribution in [2.75, 3.05) is 5.32 Å². The van der Waals surface area contributed by atoms with Gasteiger partial charge in [0.2, 0.25) is 0 Å². The van der Waals surface area contributed by atoms with Gasteiger partial charge in [0.15, 0.2) is 5.78 Å². The Morgan fingerprint density at radius 2 is 1.87 bits per heavy atom. The first-order valence-electron chi connectivity index (χ1n) is 6.93. The summed E-state index contributed by atoms with van der Waals surface area (Å²) in [6.45, 7) is 1.50. The maximum Gasteiger partial charge on any atom is 0.275 e. The van der Waals surface area contributed by atoms with E-state index in [1.165, 1.54) is 18.3 Å². The van der Waals surface area contributed by atoms with Crippen LogP contribution in [0.3, 0.4) is 0 Å². The number of rotatable bonds is 4. The molecule has 2 aromatic heterocycles. The normalized spacial score (nSPS) is 10.3. The Balaban J connectivity index is 1.74. The second kappa shape index (κ2) is 6.50. The molecule has 3 aromatic rings. The van der Waals surface area contributed by atoms with Gasteiger partial charge in [-0.05, 0) is 43.3 Å². The molecule has 1 amide bonds. The average molecular weight is 323 g/mol. The maximum atomic E-state index is 12.2. The quantitative estimate of drug-likeness (QED) is 0.744. The lowest BCUT2D eigenvalue weighted by Gasteiger charge is -2.03. The van der Waals surface area contributed by atoms with Crippen molar-refractivity contribution in [2.24, 2.45) is 0 Å². The highest BCUT2D eigenvalue weighted by Gasteiger charge is 2.12. The zero-order chi connectivity index (χ0) is 16.2. The lowest BCUT2D eigenvalue weighted by molar-refractivity contribution is 0.101. The summed E-state index contributed by atoms with van der Waals surface area (Å²) in [4.78, 5) is 32.0. The van der Waals surface area contributed by atoms with Crippen molar-refractivity contribution in [3.05, 3.63) is 65.3 Å². The van der Waals surface area contributed by atoms with E-state index >= 15 is 0 Å². The number of benzene rings is 1. The van der Waals surface area contributed by atoms with Crippen LogP contribution in [0.5, 0.6) is 0 Å². The van der Waals surface area contributed by atoms with E-state index in [1.54, 1.807) is 35.8 Å². The molecule has 0 unspecified atom stereocenters. The molecule has 0 aliphatic carbocycles. The molecule has 0 spiro atoms. The van der Waals surface area contributed by atoms with E-state index in [2.05, 4.69) is 15.3 Å². The van der Waals surface area contributed by atoms with Crippen molar-refractivity contribution in [3.8, 4) is 10.7 Å². The molecule has 0 saturated heterocycles. The molecule has 1 N–H and O–H groups in total. The Morgan fingerprint density at radius 1 is 1.09 bits per heavy atom. The maximum absolute atomic E-state index is 12.2. The van der Waals surface area contributed by atoms with E-state index in [0.717, 1.165) is 5.69 Å². The molecule has 114 valence electrons. The van der Waals surface area contributed by atoms with Crippen molar-refractivity contribution >= 4 is 28.7 Å². The van der Waals surface area contributed by atoms with E-state index in [9.17, 15) is 9.59 Å². The number of amides is 1. The van der Waals surface area contributed by atoms with Gasteiger partial charge in [-0.15, -0.1) is 11.3 Å². The number of ketones is 1. The summed E-state index contributed by atoms with van der Waals surface area (Å²) < 4.78 is 0. The van der Waals surface area contributed by atoms with Crippen LogP contribution in [0.1, 0.15) is 27.8 Å². The highest BCUT2D eigenvalue weighted by Crippen LogP contribution is 2.22. The number of pyridine rings is 1. The molecular weight excluding hydrogens is 310 g/mol. The molecule has 0 fully saturated rings. The number of anilines is 1. The van der Waals surface area contributed by atoms with Crippen LogP contribution in [0, 0.1) is 0 Å². The number of hydrogen-bond acceptors (Lipinski definition) is 5. The van der Waals surface area contributed by atoms with Crippen LogP contribution < -0.4 is 5.32 Å². The molecule has 0 bridgehead atoms. The first-order chi connectivity index (χ1) is 11.1. The lowest BCUT2D eigenvalue weighted by Crippen LogP contribution is -2.12. The Morgan fingerprint density at radius 3 is 2.52 bits per heavy atom. The number of carbonyl (C=O) groups excluding carboxylic acids is 2. The van der Waals surface area contributed by atoms with Crippen LogP contribution in [0.4, 0.5) is 5.69 Å². The molecule has 0 aliphatic rings. The van der Waals surface area contributed by atoms with Crippen molar-refractivity contribution in [3.63, 3.8) is 0 Å². The van der Waals surface area contributed by atoms with Crippen molar-refractivity contribution in [1.82, 2.24) is 9.97 Å². The van der Waals surface area contributed by atoms with Crippen molar-refractivity contribution in [1.29, 1.82) is 0 Å². The number of hydrogen-bond donors (Lipinski definition) is 1. The molecule has 5 nitrogen and oxygen atoms in total. The van der Waals surface area contributed by atoms with Gasteiger partial charge < -0.3 is 5.32 Å². The van der Waals surface area contributed by atoms with Gasteiger partial charge in [-0.25, -0.2) is 4.98 Å². The molecule has 0 radical (unpaired) electrons. The van der Waals surface area contributed by atoms with Gasteiger partial charge in [-0.2, -0.15) is 0 Å². The number of carbonyl (C=O) groups is 2. The summed E-state index contributed by atoms with van der Waals surface area (Å²) in [6.07, 6.45) is 1.69. The molecule has 3 rings (SSSR count). The lowest BCUT2D eigenvalue weighted by atomic mass is 10.1. The van der Waals surface area contributed by atoms with Gasteiger partial charge >= 0.3 is 0 Å². The molecule has 0 aliphatic heterocycles. The fourth-order valence-corrected chi connectivity index (χ4v) is 2.74. The number of aromatic nitrogens is 2. The van der Waals surface area contributed by atoms with E-state index in [-0.39, 0.29) is 11.7 Å². The summed E-state index contributed by atoms with van der Waals surface area (Å²) in [7, 11) is 0. The summed E-state index contributed by atoms with van der Waals surface area (Å²) in [5, 5.41) is 5.16. The van der Waals surface area contributed by atoms with Gasteiger partial charge in [0, 0.05) is 22.8 Å². The second-order valence-electron chi connectivity index (χ2n) is 4.84. The molecule has 6 heteroatoms. The first kappa shape index (κ1) is 15.1. The molecule has 1 aromatic carbocycles. The second-order valence-corrected chi connectivity index (χ2v) is 5.70. The third-order valence-corrected chi connectivity index (χ3v) is 4.03. The van der Waals surface area contributed by atoms with Crippen LogP contribution in [-0.4, -0.2) is 21.7 Å². The Hall–Kier alpha value is -2.86. The van der Waals surface area contributed by atoms with E-state index < -0.39 is 0 Å². The summed E-state index contributed by atoms with van der Waals surface area (Å²) in [5.41, 5.74) is 2.30. The molecule has 0 saturated carbocycles. The minimum Gasteiger partial charge on any atom is -0.321 e. The minimum atomic E-state index is -0.293. The molecule has 2 heterocycles. The number of Topliss-reactive ketones (excluding diaryl/α,β-unsaturated/α-hetero) is 1. The predicted molar refractivity (Wildman–Crippen MR) is 89.7 cm³/mol. The number of thiazole rings is 1. The largest absolute Gasteiger partial charge is 0.321 e. The van der Waals surface area contributed by atoms with Gasteiger partial charge in [-0.1, -0.05) is 6.07 Å². The number of nitrogens with zero attached hydrogens (tertiary/aromatic N) is 2. The monoisotopic (exact) mass is 323 g/mol. The smallest absolute Gasteiger partial charge is 0.275 e. The van der Waals surface area contributed by atoms with E-state index in [4.69, 9.17) is 0 Å². The third-order valence-electron chi connectivity index (χ3n) is 3.17. The average Bonchev–Trinajstić information content (AvgIpc) is 3.06. The van der Waals surface area contributed by atoms with Gasteiger partial charge in [0.05, 0.1) is 5.69 Å². The summed E-state index contributed by atoms with van der Waals surface area (Å²) in [5.74, 6) is -0.304. The van der Waals surface area contributed by atoms with Crippen molar-refractivity contribution < 1.29 is 9.59 Å². The van der Waals surface area contributed by atoms with Crippen molar-refractivity contribution in [2.45, 2.75) is 6.92 Å². The van der Waals surface area contributed by atoms with Gasteiger partial charge in [-0.3, -0.25) is 14.6 Å². The van der Waals surface area contributed by atoms with Crippen LogP contribution in [0.15, 0.2) is 54.0 Å². The minimum absolute atomic E-state index is 0.0117. The van der Waals surface area contributed by atoms with Crippen LogP contribution in [0.2, 0.25) is 0 Å². The SMILES string of the molecule is CC(=O)c1ccc(NC(=O)c2csc(-c3ccccn3)n2)cc1. The van der Waals surface area contributed by atoms with Gasteiger partial charge in [0.25, 0.3) is 5.91 Å². The standard InChI is InChI=1S/C17H13N3O2S/c1-11(21)12-5-7-13(8-6-12)19-16(22)15-10-23-17(20-15)14-4-2-3-9-18-14/h2-10H,1H3,(H,19,22). The highest BCUT2D eigenvalue weighted by atomic mass is 32.1. The number of nitrogens with one attached hydrogen (secondary N) is 1. The fourth-order valence-electron chi connectivity index (χ4n) is 1.97. The molecular formula is C17H13N3O2S. The van der Waals surface area contributed by atoms with Crippen LogP contribution >= 0.6 is 11.3 Å². The van der Waals surface area contributed by atoms with E-state index in [0.29, 0.717) is 22.0 Å². The zero-order valence-corrected chi connectivity index (χ0v) is 13.1. The van der Waals surface area contributed by atoms with Crippen LogP contribution in [0.25, 0.3) is 10.7 Å². The zero-order valence-electron chi connectivity index (χ0n) is 12.3. The Bertz CT molecular complexity index is 842. The summed E-state index contributed by atoms with van der Waals surface area (Å²) >= 11 is 1.37. The van der Waals surface area contributed by atoms with E-state index in [1.807, 2.05) is 18.2 Å². The fraction of sp³-hybridized carbons (Fsp3) is 0.0588. The van der Waals surface area contributed by atoms with Gasteiger partial charge in [0.1, 0.15) is 10.7 Å². The molecule has 0 atom stereocenters. The predicted octanol–water partition coefficient (Wildman–Crippen LogP) is 3.66. The Labute approximate surface area is 137 Å². The topological polar surface area (TPSA) is 72.0 Å². The molecule has 23 heavy (non-hydrogen) atoms. The Kier molecular flexibility index (Phi) is 4.25. The summed E-state index contributed by atoms with van der Waals surface area (Å²) in [6, 6.07) is 12.3. The first-order valence-corrected chi connectivity index (χ1v) is 7.81. The highest BCUT2D eigenvalue weighted by molar-refractivity contribution is 7.13. The van der Waals surface area contributed by atoms with Crippen LogP contribution in [-0.2, 0) is 0 Å².